The summed E-state index contributed by atoms with van der Waals surface area (Å²) in [6.45, 7) is 4.07. The summed E-state index contributed by atoms with van der Waals surface area (Å²) in [5.41, 5.74) is 0. The van der Waals surface area contributed by atoms with Gasteiger partial charge in [-0.3, -0.25) is 0 Å². The summed E-state index contributed by atoms with van der Waals surface area (Å²) in [5.74, 6) is 1.46. The third kappa shape index (κ3) is 3.76. The molecule has 1 N–H and O–H groups in total. The van der Waals surface area contributed by atoms with Gasteiger partial charge < -0.3 is 10.2 Å². The van der Waals surface area contributed by atoms with Crippen LogP contribution in [-0.2, 0) is 0 Å². The number of nitrogens with one attached hydrogen (secondary N) is 1. The van der Waals surface area contributed by atoms with Crippen molar-refractivity contribution in [3.63, 3.8) is 0 Å². The summed E-state index contributed by atoms with van der Waals surface area (Å²) >= 11 is 0. The molecule has 1 saturated heterocycles. The highest BCUT2D eigenvalue weighted by Crippen LogP contribution is 2.25. The Labute approximate surface area is 104 Å². The van der Waals surface area contributed by atoms with Gasteiger partial charge in [-0.2, -0.15) is 0 Å². The van der Waals surface area contributed by atoms with E-state index in [0.29, 0.717) is 5.92 Å². The molecule has 1 saturated carbocycles. The Morgan fingerprint density at radius 3 is 2.47 bits per heavy atom. The maximum atomic E-state index is 11.8. The Morgan fingerprint density at radius 1 is 1.18 bits per heavy atom. The minimum absolute atomic E-state index is 0.0751. The first-order valence-electron chi connectivity index (χ1n) is 6.98. The predicted molar refractivity (Wildman–Crippen MR) is 69.6 cm³/mol. The topological polar surface area (TPSA) is 32.3 Å². The van der Waals surface area contributed by atoms with Crippen LogP contribution in [0.3, 0.4) is 0 Å². The average Bonchev–Trinajstić information content (AvgIpc) is 2.83. The van der Waals surface area contributed by atoms with Gasteiger partial charge in [0, 0.05) is 19.3 Å². The largest absolute Gasteiger partial charge is 0.325 e. The molecule has 17 heavy (non-hydrogen) atoms. The zero-order valence-electron chi connectivity index (χ0n) is 10.8. The van der Waals surface area contributed by atoms with Crippen molar-refractivity contribution in [3.05, 3.63) is 12.3 Å². The second-order valence-corrected chi connectivity index (χ2v) is 5.52. The minimum atomic E-state index is 0.0751. The summed E-state index contributed by atoms with van der Waals surface area (Å²) in [7, 11) is 0. The van der Waals surface area contributed by atoms with Crippen molar-refractivity contribution >= 4 is 6.03 Å². The molecule has 96 valence electrons. The number of urea groups is 1. The van der Waals surface area contributed by atoms with E-state index in [1.165, 1.54) is 25.7 Å². The number of rotatable bonds is 2. The van der Waals surface area contributed by atoms with Gasteiger partial charge >= 0.3 is 6.03 Å². The number of nitrogens with zero attached hydrogens (tertiary/aromatic N) is 1. The summed E-state index contributed by atoms with van der Waals surface area (Å²) in [6, 6.07) is 0.0751. The Bertz CT molecular complexity index is 274. The molecule has 0 spiro atoms. The van der Waals surface area contributed by atoms with E-state index in [2.05, 4.69) is 18.3 Å². The lowest BCUT2D eigenvalue weighted by molar-refractivity contribution is 0.177. The van der Waals surface area contributed by atoms with Crippen LogP contribution in [0, 0.1) is 11.8 Å². The number of carbonyl (C=O) groups is 1. The van der Waals surface area contributed by atoms with Crippen molar-refractivity contribution in [1.29, 1.82) is 0 Å². The molecule has 0 unspecified atom stereocenters. The van der Waals surface area contributed by atoms with Crippen molar-refractivity contribution in [2.24, 2.45) is 11.8 Å². The molecule has 0 aromatic carbocycles. The van der Waals surface area contributed by atoms with Crippen molar-refractivity contribution in [2.75, 3.05) is 13.1 Å². The summed E-state index contributed by atoms with van der Waals surface area (Å²) in [4.78, 5) is 13.8. The molecule has 2 amide bonds. The molecule has 1 aliphatic carbocycles. The van der Waals surface area contributed by atoms with Gasteiger partial charge in [-0.05, 0) is 37.5 Å². The van der Waals surface area contributed by atoms with E-state index in [1.54, 1.807) is 0 Å². The first-order valence-corrected chi connectivity index (χ1v) is 6.98. The third-order valence-electron chi connectivity index (χ3n) is 4.05. The van der Waals surface area contributed by atoms with Crippen LogP contribution in [0.5, 0.6) is 0 Å². The first kappa shape index (κ1) is 12.5. The van der Waals surface area contributed by atoms with Crippen LogP contribution in [0.1, 0.15) is 45.4 Å². The molecule has 0 radical (unpaired) electrons. The highest BCUT2D eigenvalue weighted by molar-refractivity contribution is 5.75. The van der Waals surface area contributed by atoms with E-state index in [1.807, 2.05) is 11.1 Å². The number of amides is 2. The van der Waals surface area contributed by atoms with Crippen LogP contribution >= 0.6 is 0 Å². The number of likely N-dealkylation sites (tertiary alicyclic amines) is 1. The molecule has 3 heteroatoms. The van der Waals surface area contributed by atoms with Gasteiger partial charge in [-0.15, -0.1) is 0 Å². The van der Waals surface area contributed by atoms with Crippen molar-refractivity contribution in [2.45, 2.75) is 45.4 Å². The standard InChI is InChI=1S/C14H24N2O/c1-12-7-10-16(11-8-12)14(17)15-9-6-13-4-2-3-5-13/h6,9,12-13H,2-5,7-8,10-11H2,1H3,(H,15,17)/b9-6+. The number of allylic oxidation sites excluding steroid dienone is 1. The highest BCUT2D eigenvalue weighted by atomic mass is 16.2. The van der Waals surface area contributed by atoms with E-state index in [-0.39, 0.29) is 6.03 Å². The van der Waals surface area contributed by atoms with E-state index in [4.69, 9.17) is 0 Å². The maximum Gasteiger partial charge on any atom is 0.321 e. The van der Waals surface area contributed by atoms with Crippen molar-refractivity contribution in [1.82, 2.24) is 10.2 Å². The second kappa shape index (κ2) is 6.08. The van der Waals surface area contributed by atoms with Crippen LogP contribution in [0.25, 0.3) is 0 Å². The Hall–Kier alpha value is -0.990. The Morgan fingerprint density at radius 2 is 1.82 bits per heavy atom. The monoisotopic (exact) mass is 236 g/mol. The molecule has 0 aromatic heterocycles. The van der Waals surface area contributed by atoms with Gasteiger partial charge in [0.25, 0.3) is 0 Å². The number of piperidine rings is 1. The summed E-state index contributed by atoms with van der Waals surface area (Å²) in [5, 5.41) is 2.90. The van der Waals surface area contributed by atoms with Crippen LogP contribution in [-0.4, -0.2) is 24.0 Å². The maximum absolute atomic E-state index is 11.8. The molecule has 1 heterocycles. The lowest BCUT2D eigenvalue weighted by Crippen LogP contribution is -2.42. The first-order chi connectivity index (χ1) is 8.25. The fourth-order valence-electron chi connectivity index (χ4n) is 2.71. The van der Waals surface area contributed by atoms with Crippen molar-refractivity contribution in [3.8, 4) is 0 Å². The quantitative estimate of drug-likeness (QED) is 0.785. The normalized spacial score (nSPS) is 23.5. The second-order valence-electron chi connectivity index (χ2n) is 5.52. The van der Waals surface area contributed by atoms with Gasteiger partial charge in [-0.1, -0.05) is 25.8 Å². The molecule has 2 fully saturated rings. The smallest absolute Gasteiger partial charge is 0.321 e. The zero-order valence-corrected chi connectivity index (χ0v) is 10.8. The lowest BCUT2D eigenvalue weighted by Gasteiger charge is -2.29. The molecular weight excluding hydrogens is 212 g/mol. The van der Waals surface area contributed by atoms with Crippen molar-refractivity contribution < 1.29 is 4.79 Å². The van der Waals surface area contributed by atoms with E-state index < -0.39 is 0 Å². The SMILES string of the molecule is CC1CCN(C(=O)N/C=C/C2CCCC2)CC1. The number of carbonyl (C=O) groups excluding carboxylic acids is 1. The van der Waals surface area contributed by atoms with Crippen LogP contribution in [0.15, 0.2) is 12.3 Å². The van der Waals surface area contributed by atoms with Crippen LogP contribution < -0.4 is 5.32 Å². The molecule has 3 nitrogen and oxygen atoms in total. The molecule has 2 rings (SSSR count). The van der Waals surface area contributed by atoms with Crippen LogP contribution in [0.4, 0.5) is 4.79 Å². The van der Waals surface area contributed by atoms with Crippen LogP contribution in [0.2, 0.25) is 0 Å². The third-order valence-corrected chi connectivity index (χ3v) is 4.05. The molecule has 0 aromatic rings. The molecule has 1 aliphatic heterocycles. The van der Waals surface area contributed by atoms with Gasteiger partial charge in [0.1, 0.15) is 0 Å². The van der Waals surface area contributed by atoms with E-state index >= 15 is 0 Å². The Balaban J connectivity index is 1.69. The highest BCUT2D eigenvalue weighted by Gasteiger charge is 2.19. The number of hydrogen-bond donors (Lipinski definition) is 1. The minimum Gasteiger partial charge on any atom is -0.325 e. The van der Waals surface area contributed by atoms with E-state index in [0.717, 1.165) is 31.8 Å². The fraction of sp³-hybridized carbons (Fsp3) is 0.786. The zero-order chi connectivity index (χ0) is 12.1. The Kier molecular flexibility index (Phi) is 4.46. The molecule has 2 aliphatic rings. The average molecular weight is 236 g/mol. The summed E-state index contributed by atoms with van der Waals surface area (Å²) < 4.78 is 0. The summed E-state index contributed by atoms with van der Waals surface area (Å²) in [6.07, 6.45) is 11.6. The van der Waals surface area contributed by atoms with E-state index in [9.17, 15) is 4.79 Å². The fourth-order valence-corrected chi connectivity index (χ4v) is 2.71. The van der Waals surface area contributed by atoms with Gasteiger partial charge in [0.2, 0.25) is 0 Å². The van der Waals surface area contributed by atoms with Gasteiger partial charge in [0.05, 0.1) is 0 Å². The lowest BCUT2D eigenvalue weighted by atomic mass is 10.00. The molecular formula is C14H24N2O. The molecule has 0 bridgehead atoms. The molecule has 0 atom stereocenters. The number of hydrogen-bond acceptors (Lipinski definition) is 1. The predicted octanol–water partition coefficient (Wildman–Crippen LogP) is 3.13. The van der Waals surface area contributed by atoms with Gasteiger partial charge in [-0.25, -0.2) is 4.79 Å². The van der Waals surface area contributed by atoms with Gasteiger partial charge in [0.15, 0.2) is 0 Å².